The molecule has 0 spiro atoms. The van der Waals surface area contributed by atoms with E-state index in [1.807, 2.05) is 6.92 Å². The summed E-state index contributed by atoms with van der Waals surface area (Å²) in [6.45, 7) is 2.42. The van der Waals surface area contributed by atoms with E-state index >= 15 is 0 Å². The summed E-state index contributed by atoms with van der Waals surface area (Å²) in [5.41, 5.74) is 0. The molecule has 1 aromatic heterocycles. The van der Waals surface area contributed by atoms with Gasteiger partial charge in [-0.1, -0.05) is 0 Å². The highest BCUT2D eigenvalue weighted by Gasteiger charge is 2.14. The number of hydrogen-bond donors (Lipinski definition) is 2. The van der Waals surface area contributed by atoms with Gasteiger partial charge in [0.25, 0.3) is 0 Å². The highest BCUT2D eigenvalue weighted by molar-refractivity contribution is 7.14. The molecule has 0 amide bonds. The van der Waals surface area contributed by atoms with Crippen LogP contribution in [0.3, 0.4) is 0 Å². The van der Waals surface area contributed by atoms with E-state index in [9.17, 15) is 4.79 Å². The molecule has 1 heterocycles. The van der Waals surface area contributed by atoms with Gasteiger partial charge >= 0.3 is 5.97 Å². The summed E-state index contributed by atoms with van der Waals surface area (Å²) in [7, 11) is 0. The molecule has 0 saturated heterocycles. The van der Waals surface area contributed by atoms with Gasteiger partial charge in [0.15, 0.2) is 4.88 Å². The quantitative estimate of drug-likeness (QED) is 0.732. The monoisotopic (exact) mass is 230 g/mol. The zero-order chi connectivity index (χ0) is 11.3. The molecule has 0 bridgehead atoms. The fourth-order valence-electron chi connectivity index (χ4n) is 1.14. The van der Waals surface area contributed by atoms with E-state index in [4.69, 9.17) is 14.9 Å². The summed E-state index contributed by atoms with van der Waals surface area (Å²) < 4.78 is 5.34. The minimum Gasteiger partial charge on any atom is -0.492 e. The Labute approximate surface area is 92.1 Å². The first-order valence-corrected chi connectivity index (χ1v) is 5.54. The van der Waals surface area contributed by atoms with Gasteiger partial charge in [-0.15, -0.1) is 11.3 Å². The Bertz CT molecular complexity index is 332. The number of rotatable bonds is 6. The van der Waals surface area contributed by atoms with Crippen LogP contribution >= 0.6 is 11.3 Å². The van der Waals surface area contributed by atoms with Crippen LogP contribution in [0.25, 0.3) is 0 Å². The van der Waals surface area contributed by atoms with Crippen LogP contribution in [0, 0.1) is 6.92 Å². The second kappa shape index (κ2) is 5.72. The Morgan fingerprint density at radius 3 is 2.87 bits per heavy atom. The molecular weight excluding hydrogens is 216 g/mol. The number of aliphatic hydroxyl groups is 1. The first-order chi connectivity index (χ1) is 7.15. The SMILES string of the molecule is Cc1cc(OCCCCO)c(C(=O)O)s1. The summed E-state index contributed by atoms with van der Waals surface area (Å²) in [5.74, 6) is -0.520. The van der Waals surface area contributed by atoms with Gasteiger partial charge in [0.05, 0.1) is 6.61 Å². The van der Waals surface area contributed by atoms with Crippen LogP contribution in [0.1, 0.15) is 27.4 Å². The Kier molecular flexibility index (Phi) is 4.58. The van der Waals surface area contributed by atoms with E-state index < -0.39 is 5.97 Å². The largest absolute Gasteiger partial charge is 0.492 e. The highest BCUT2D eigenvalue weighted by atomic mass is 32.1. The smallest absolute Gasteiger partial charge is 0.349 e. The van der Waals surface area contributed by atoms with E-state index in [0.717, 1.165) is 11.3 Å². The third-order valence-electron chi connectivity index (χ3n) is 1.83. The topological polar surface area (TPSA) is 66.8 Å². The van der Waals surface area contributed by atoms with Crippen molar-refractivity contribution < 1.29 is 19.7 Å². The Morgan fingerprint density at radius 2 is 2.27 bits per heavy atom. The number of thiophene rings is 1. The average molecular weight is 230 g/mol. The molecule has 15 heavy (non-hydrogen) atoms. The number of hydrogen-bond acceptors (Lipinski definition) is 4. The zero-order valence-corrected chi connectivity index (χ0v) is 9.34. The molecular formula is C10H14O4S. The van der Waals surface area contributed by atoms with Crippen molar-refractivity contribution in [2.24, 2.45) is 0 Å². The van der Waals surface area contributed by atoms with E-state index in [-0.39, 0.29) is 11.5 Å². The van der Waals surface area contributed by atoms with Crippen molar-refractivity contribution in [1.82, 2.24) is 0 Å². The summed E-state index contributed by atoms with van der Waals surface area (Å²) in [5, 5.41) is 17.4. The van der Waals surface area contributed by atoms with Crippen molar-refractivity contribution >= 4 is 17.3 Å². The average Bonchev–Trinajstić information content (AvgIpc) is 2.55. The maximum atomic E-state index is 10.8. The van der Waals surface area contributed by atoms with Crippen molar-refractivity contribution in [2.75, 3.05) is 13.2 Å². The van der Waals surface area contributed by atoms with Gasteiger partial charge in [0, 0.05) is 11.5 Å². The van der Waals surface area contributed by atoms with Gasteiger partial charge < -0.3 is 14.9 Å². The second-order valence-electron chi connectivity index (χ2n) is 3.13. The minimum atomic E-state index is -0.953. The minimum absolute atomic E-state index is 0.137. The predicted octanol–water partition coefficient (Wildman–Crippen LogP) is 1.91. The van der Waals surface area contributed by atoms with Crippen LogP contribution in [-0.4, -0.2) is 29.4 Å². The van der Waals surface area contributed by atoms with Crippen LogP contribution in [-0.2, 0) is 0 Å². The van der Waals surface area contributed by atoms with E-state index in [1.165, 1.54) is 11.3 Å². The maximum absolute atomic E-state index is 10.8. The van der Waals surface area contributed by atoms with Crippen molar-refractivity contribution in [3.8, 4) is 5.75 Å². The zero-order valence-electron chi connectivity index (χ0n) is 8.52. The van der Waals surface area contributed by atoms with Crippen LogP contribution in [0.4, 0.5) is 0 Å². The third-order valence-corrected chi connectivity index (χ3v) is 2.85. The molecule has 0 aliphatic carbocycles. The lowest BCUT2D eigenvalue weighted by atomic mass is 10.3. The van der Waals surface area contributed by atoms with Crippen molar-refractivity contribution in [3.63, 3.8) is 0 Å². The fraction of sp³-hybridized carbons (Fsp3) is 0.500. The number of aromatic carboxylic acids is 1. The predicted molar refractivity (Wildman–Crippen MR) is 57.8 cm³/mol. The first-order valence-electron chi connectivity index (χ1n) is 4.72. The van der Waals surface area contributed by atoms with Gasteiger partial charge in [-0.05, 0) is 25.8 Å². The molecule has 84 valence electrons. The molecule has 0 aliphatic heterocycles. The van der Waals surface area contributed by atoms with Crippen molar-refractivity contribution in [1.29, 1.82) is 0 Å². The van der Waals surface area contributed by atoms with E-state index in [0.29, 0.717) is 18.8 Å². The van der Waals surface area contributed by atoms with Gasteiger partial charge in [-0.3, -0.25) is 0 Å². The molecule has 5 heteroatoms. The summed E-state index contributed by atoms with van der Waals surface area (Å²) in [6.07, 6.45) is 1.40. The van der Waals surface area contributed by atoms with Crippen molar-refractivity contribution in [2.45, 2.75) is 19.8 Å². The molecule has 0 fully saturated rings. The number of ether oxygens (including phenoxy) is 1. The Balaban J connectivity index is 2.55. The number of carboxylic acid groups (broad SMARTS) is 1. The molecule has 0 atom stereocenters. The molecule has 2 N–H and O–H groups in total. The number of carboxylic acids is 1. The van der Waals surface area contributed by atoms with Crippen LogP contribution in [0.2, 0.25) is 0 Å². The number of aliphatic hydroxyl groups excluding tert-OH is 1. The summed E-state index contributed by atoms with van der Waals surface area (Å²) in [6, 6.07) is 1.73. The fourth-order valence-corrected chi connectivity index (χ4v) is 1.94. The number of unbranched alkanes of at least 4 members (excludes halogenated alkanes) is 1. The molecule has 0 aliphatic rings. The molecule has 0 saturated carbocycles. The van der Waals surface area contributed by atoms with Crippen LogP contribution in [0.15, 0.2) is 6.07 Å². The standard InChI is InChI=1S/C10H14O4S/c1-7-6-8(9(15-7)10(12)13)14-5-3-2-4-11/h6,11H,2-5H2,1H3,(H,12,13). The van der Waals surface area contributed by atoms with Crippen molar-refractivity contribution in [3.05, 3.63) is 15.8 Å². The lowest BCUT2D eigenvalue weighted by Gasteiger charge is -2.03. The molecule has 0 aromatic carbocycles. The van der Waals surface area contributed by atoms with Crippen LogP contribution < -0.4 is 4.74 Å². The molecule has 0 radical (unpaired) electrons. The maximum Gasteiger partial charge on any atom is 0.349 e. The summed E-state index contributed by atoms with van der Waals surface area (Å²) in [4.78, 5) is 12.0. The lowest BCUT2D eigenvalue weighted by Crippen LogP contribution is -2.02. The lowest BCUT2D eigenvalue weighted by molar-refractivity contribution is 0.0698. The summed E-state index contributed by atoms with van der Waals surface area (Å²) >= 11 is 1.21. The Hall–Kier alpha value is -1.07. The molecule has 4 nitrogen and oxygen atoms in total. The molecule has 0 unspecified atom stereocenters. The normalized spacial score (nSPS) is 10.3. The van der Waals surface area contributed by atoms with E-state index in [1.54, 1.807) is 6.07 Å². The van der Waals surface area contributed by atoms with E-state index in [2.05, 4.69) is 0 Å². The van der Waals surface area contributed by atoms with Gasteiger partial charge in [-0.25, -0.2) is 4.79 Å². The molecule has 1 aromatic rings. The van der Waals surface area contributed by atoms with Gasteiger partial charge in [-0.2, -0.15) is 0 Å². The second-order valence-corrected chi connectivity index (χ2v) is 4.39. The van der Waals surface area contributed by atoms with Gasteiger partial charge in [0.1, 0.15) is 5.75 Å². The van der Waals surface area contributed by atoms with Gasteiger partial charge in [0.2, 0.25) is 0 Å². The highest BCUT2D eigenvalue weighted by Crippen LogP contribution is 2.28. The Morgan fingerprint density at radius 1 is 1.53 bits per heavy atom. The van der Waals surface area contributed by atoms with Crippen LogP contribution in [0.5, 0.6) is 5.75 Å². The number of carbonyl (C=O) groups is 1. The number of aryl methyl sites for hydroxylation is 1. The third kappa shape index (κ3) is 3.53. The molecule has 1 rings (SSSR count). The first kappa shape index (κ1) is 12.0.